The van der Waals surface area contributed by atoms with E-state index in [0.29, 0.717) is 45.9 Å². The standard InChI is InChI=1S/C23H20Cl2N2O5/c1-2-30-22-12-18(13-26-32-15-17-4-3-5-20(10-17)27(28)29)11-21(25)23(22)31-14-16-6-8-19(24)9-7-16/h3-13H,2,14-15H2,1H3/b26-13-. The van der Waals surface area contributed by atoms with Crippen molar-refractivity contribution in [3.05, 3.63) is 97.5 Å². The van der Waals surface area contributed by atoms with Crippen molar-refractivity contribution in [2.45, 2.75) is 20.1 Å². The Morgan fingerprint density at radius 3 is 2.50 bits per heavy atom. The highest BCUT2D eigenvalue weighted by molar-refractivity contribution is 6.32. The Labute approximate surface area is 195 Å². The van der Waals surface area contributed by atoms with Gasteiger partial charge in [0.15, 0.2) is 11.5 Å². The third-order valence-electron chi connectivity index (χ3n) is 4.26. The first-order valence-corrected chi connectivity index (χ1v) is 10.4. The highest BCUT2D eigenvalue weighted by Gasteiger charge is 2.13. The third-order valence-corrected chi connectivity index (χ3v) is 4.79. The van der Waals surface area contributed by atoms with E-state index in [1.165, 1.54) is 18.3 Å². The van der Waals surface area contributed by atoms with Gasteiger partial charge in [0.05, 0.1) is 22.8 Å². The Balaban J connectivity index is 1.67. The van der Waals surface area contributed by atoms with Crippen molar-refractivity contribution < 1.29 is 19.2 Å². The fourth-order valence-corrected chi connectivity index (χ4v) is 3.17. The summed E-state index contributed by atoms with van der Waals surface area (Å²) >= 11 is 12.3. The molecule has 32 heavy (non-hydrogen) atoms. The molecule has 0 N–H and O–H groups in total. The Morgan fingerprint density at radius 2 is 1.78 bits per heavy atom. The highest BCUT2D eigenvalue weighted by Crippen LogP contribution is 2.37. The Kier molecular flexibility index (Phi) is 8.30. The van der Waals surface area contributed by atoms with Crippen LogP contribution < -0.4 is 9.47 Å². The van der Waals surface area contributed by atoms with Gasteiger partial charge in [-0.1, -0.05) is 52.6 Å². The summed E-state index contributed by atoms with van der Waals surface area (Å²) in [4.78, 5) is 15.7. The molecule has 9 heteroatoms. The normalized spacial score (nSPS) is 10.8. The molecule has 3 aromatic carbocycles. The molecule has 3 aromatic rings. The molecule has 166 valence electrons. The van der Waals surface area contributed by atoms with Crippen LogP contribution in [0.1, 0.15) is 23.6 Å². The van der Waals surface area contributed by atoms with Crippen molar-refractivity contribution in [3.8, 4) is 11.5 Å². The lowest BCUT2D eigenvalue weighted by molar-refractivity contribution is -0.384. The van der Waals surface area contributed by atoms with Crippen molar-refractivity contribution in [2.75, 3.05) is 6.61 Å². The number of nitrogens with zero attached hydrogens (tertiary/aromatic N) is 2. The van der Waals surface area contributed by atoms with Crippen LogP contribution in [0, 0.1) is 10.1 Å². The zero-order valence-corrected chi connectivity index (χ0v) is 18.7. The predicted molar refractivity (Wildman–Crippen MR) is 124 cm³/mol. The molecule has 0 heterocycles. The average molecular weight is 475 g/mol. The lowest BCUT2D eigenvalue weighted by atomic mass is 10.2. The summed E-state index contributed by atoms with van der Waals surface area (Å²) in [6.07, 6.45) is 1.48. The SMILES string of the molecule is CCOc1cc(/C=N\OCc2cccc([N+](=O)[O-])c2)cc(Cl)c1OCc1ccc(Cl)cc1. The van der Waals surface area contributed by atoms with E-state index in [1.807, 2.05) is 19.1 Å². The number of ether oxygens (including phenoxy) is 2. The second-order valence-corrected chi connectivity index (χ2v) is 7.46. The van der Waals surface area contributed by atoms with E-state index in [1.54, 1.807) is 36.4 Å². The summed E-state index contributed by atoms with van der Waals surface area (Å²) in [5.74, 6) is 0.909. The summed E-state index contributed by atoms with van der Waals surface area (Å²) in [6, 6.07) is 16.9. The second kappa shape index (κ2) is 11.4. The van der Waals surface area contributed by atoms with Crippen molar-refractivity contribution in [1.82, 2.24) is 0 Å². The molecule has 0 spiro atoms. The van der Waals surface area contributed by atoms with Crippen LogP contribution in [0.15, 0.2) is 65.8 Å². The molecule has 0 bridgehead atoms. The van der Waals surface area contributed by atoms with Crippen LogP contribution in [0.4, 0.5) is 5.69 Å². The topological polar surface area (TPSA) is 83.2 Å². The van der Waals surface area contributed by atoms with Gasteiger partial charge in [0.25, 0.3) is 5.69 Å². The van der Waals surface area contributed by atoms with E-state index in [2.05, 4.69) is 5.16 Å². The quantitative estimate of drug-likeness (QED) is 0.192. The van der Waals surface area contributed by atoms with Crippen molar-refractivity contribution in [2.24, 2.45) is 5.16 Å². The van der Waals surface area contributed by atoms with Crippen LogP contribution in [0.5, 0.6) is 11.5 Å². The number of rotatable bonds is 10. The summed E-state index contributed by atoms with van der Waals surface area (Å²) < 4.78 is 11.6. The summed E-state index contributed by atoms with van der Waals surface area (Å²) in [5.41, 5.74) is 2.22. The number of nitro benzene ring substituents is 1. The molecule has 0 radical (unpaired) electrons. The van der Waals surface area contributed by atoms with E-state index >= 15 is 0 Å². The molecule has 0 atom stereocenters. The van der Waals surface area contributed by atoms with E-state index in [4.69, 9.17) is 37.5 Å². The maximum Gasteiger partial charge on any atom is 0.269 e. The van der Waals surface area contributed by atoms with Crippen LogP contribution >= 0.6 is 23.2 Å². The van der Waals surface area contributed by atoms with E-state index in [9.17, 15) is 10.1 Å². The van der Waals surface area contributed by atoms with Gasteiger partial charge in [-0.2, -0.15) is 0 Å². The van der Waals surface area contributed by atoms with Crippen LogP contribution in [0.25, 0.3) is 0 Å². The van der Waals surface area contributed by atoms with Gasteiger partial charge < -0.3 is 14.3 Å². The molecule has 0 saturated heterocycles. The zero-order chi connectivity index (χ0) is 22.9. The number of halogens is 2. The fraction of sp³-hybridized carbons (Fsp3) is 0.174. The Hall–Kier alpha value is -3.29. The van der Waals surface area contributed by atoms with Gasteiger partial charge in [-0.05, 0) is 42.3 Å². The van der Waals surface area contributed by atoms with Crippen LogP contribution in [0.2, 0.25) is 10.0 Å². The van der Waals surface area contributed by atoms with Gasteiger partial charge in [0, 0.05) is 22.7 Å². The fourth-order valence-electron chi connectivity index (χ4n) is 2.77. The Bertz CT molecular complexity index is 1100. The van der Waals surface area contributed by atoms with E-state index in [0.717, 1.165) is 5.56 Å². The van der Waals surface area contributed by atoms with Crippen LogP contribution in [-0.2, 0) is 18.1 Å². The molecule has 0 aromatic heterocycles. The summed E-state index contributed by atoms with van der Waals surface area (Å²) in [5, 5.41) is 15.8. The molecule has 0 aliphatic carbocycles. The zero-order valence-electron chi connectivity index (χ0n) is 17.2. The first-order chi connectivity index (χ1) is 15.5. The monoisotopic (exact) mass is 474 g/mol. The van der Waals surface area contributed by atoms with Gasteiger partial charge in [0.2, 0.25) is 0 Å². The lowest BCUT2D eigenvalue weighted by Gasteiger charge is -2.14. The van der Waals surface area contributed by atoms with Crippen molar-refractivity contribution in [1.29, 1.82) is 0 Å². The van der Waals surface area contributed by atoms with E-state index in [-0.39, 0.29) is 12.3 Å². The largest absolute Gasteiger partial charge is 0.490 e. The average Bonchev–Trinajstić information content (AvgIpc) is 2.78. The van der Waals surface area contributed by atoms with Gasteiger partial charge in [-0.15, -0.1) is 0 Å². The predicted octanol–water partition coefficient (Wildman–Crippen LogP) is 6.43. The summed E-state index contributed by atoms with van der Waals surface area (Å²) in [6.45, 7) is 2.68. The molecular formula is C23H20Cl2N2O5. The molecule has 0 aliphatic heterocycles. The number of oxime groups is 1. The molecule has 7 nitrogen and oxygen atoms in total. The smallest absolute Gasteiger partial charge is 0.269 e. The minimum atomic E-state index is -0.458. The Morgan fingerprint density at radius 1 is 1.00 bits per heavy atom. The third kappa shape index (κ3) is 6.60. The second-order valence-electron chi connectivity index (χ2n) is 6.61. The molecule has 0 unspecified atom stereocenters. The van der Waals surface area contributed by atoms with E-state index < -0.39 is 4.92 Å². The molecule has 0 fully saturated rings. The molecule has 0 saturated carbocycles. The van der Waals surface area contributed by atoms with Crippen molar-refractivity contribution in [3.63, 3.8) is 0 Å². The number of non-ortho nitro benzene ring substituents is 1. The highest BCUT2D eigenvalue weighted by atomic mass is 35.5. The van der Waals surface area contributed by atoms with Gasteiger partial charge in [0.1, 0.15) is 13.2 Å². The molecular weight excluding hydrogens is 455 g/mol. The maximum absolute atomic E-state index is 10.8. The number of nitro groups is 1. The minimum Gasteiger partial charge on any atom is -0.490 e. The number of hydrogen-bond donors (Lipinski definition) is 0. The van der Waals surface area contributed by atoms with Crippen LogP contribution in [0.3, 0.4) is 0 Å². The molecule has 0 amide bonds. The molecule has 3 rings (SSSR count). The molecule has 0 aliphatic rings. The first-order valence-electron chi connectivity index (χ1n) is 9.68. The van der Waals surface area contributed by atoms with Crippen LogP contribution in [-0.4, -0.2) is 17.7 Å². The lowest BCUT2D eigenvalue weighted by Crippen LogP contribution is -2.01. The minimum absolute atomic E-state index is 0.00240. The summed E-state index contributed by atoms with van der Waals surface area (Å²) in [7, 11) is 0. The van der Waals surface area contributed by atoms with Crippen molar-refractivity contribution >= 4 is 35.1 Å². The van der Waals surface area contributed by atoms with Gasteiger partial charge >= 0.3 is 0 Å². The maximum atomic E-state index is 10.8. The number of benzene rings is 3. The van der Waals surface area contributed by atoms with Gasteiger partial charge in [-0.3, -0.25) is 10.1 Å². The first kappa shape index (κ1) is 23.4. The number of hydrogen-bond acceptors (Lipinski definition) is 6. The van der Waals surface area contributed by atoms with Gasteiger partial charge in [-0.25, -0.2) is 0 Å².